The van der Waals surface area contributed by atoms with Gasteiger partial charge in [-0.1, -0.05) is 0 Å². The van der Waals surface area contributed by atoms with Gasteiger partial charge >= 0.3 is 0 Å². The van der Waals surface area contributed by atoms with Crippen molar-refractivity contribution in [2.45, 2.75) is 12.5 Å². The fraction of sp³-hybridized carbons (Fsp3) is 0.214. The van der Waals surface area contributed by atoms with Gasteiger partial charge in [0.2, 0.25) is 0 Å². The second-order valence-electron chi connectivity index (χ2n) is 4.25. The molecular weight excluding hydrogens is 266 g/mol. The summed E-state index contributed by atoms with van der Waals surface area (Å²) in [5.41, 5.74) is 1.24. The molecule has 1 unspecified atom stereocenters. The molecule has 1 heterocycles. The number of amides is 1. The average Bonchev–Trinajstić information content (AvgIpc) is 2.98. The van der Waals surface area contributed by atoms with Gasteiger partial charge in [0, 0.05) is 30.2 Å². The Labute approximate surface area is 114 Å². The molecule has 0 radical (unpaired) electrons. The smallest absolute Gasteiger partial charge is 0.265 e. The van der Waals surface area contributed by atoms with Crippen LogP contribution in [0.2, 0.25) is 0 Å². The van der Waals surface area contributed by atoms with Crippen LogP contribution in [-0.2, 0) is 0 Å². The Kier molecular flexibility index (Phi) is 4.47. The van der Waals surface area contributed by atoms with Crippen LogP contribution in [0.1, 0.15) is 10.4 Å². The SMILES string of the molecule is O=C(NCC(O)C(F)F)c1ccc(-n2cccc2)cc1. The number of rotatable bonds is 5. The summed E-state index contributed by atoms with van der Waals surface area (Å²) in [5.74, 6) is -0.497. The van der Waals surface area contributed by atoms with Crippen molar-refractivity contribution in [3.63, 3.8) is 0 Å². The summed E-state index contributed by atoms with van der Waals surface area (Å²) in [5, 5.41) is 11.2. The van der Waals surface area contributed by atoms with Crippen LogP contribution in [-0.4, -0.2) is 34.7 Å². The highest BCUT2D eigenvalue weighted by Gasteiger charge is 2.17. The third-order valence-corrected chi connectivity index (χ3v) is 2.79. The monoisotopic (exact) mass is 280 g/mol. The number of alkyl halides is 2. The molecule has 6 heteroatoms. The number of hydrogen-bond acceptors (Lipinski definition) is 2. The lowest BCUT2D eigenvalue weighted by molar-refractivity contribution is -0.00270. The molecule has 2 N–H and O–H groups in total. The molecule has 1 amide bonds. The van der Waals surface area contributed by atoms with E-state index in [1.807, 2.05) is 29.1 Å². The molecule has 20 heavy (non-hydrogen) atoms. The Morgan fingerprint density at radius 3 is 2.35 bits per heavy atom. The lowest BCUT2D eigenvalue weighted by Gasteiger charge is -2.11. The number of nitrogens with one attached hydrogen (secondary N) is 1. The average molecular weight is 280 g/mol. The van der Waals surface area contributed by atoms with Crippen molar-refractivity contribution in [1.29, 1.82) is 0 Å². The molecule has 0 aliphatic rings. The number of carbonyl (C=O) groups is 1. The molecule has 1 aromatic heterocycles. The third kappa shape index (κ3) is 3.42. The van der Waals surface area contributed by atoms with Gasteiger partial charge in [-0.3, -0.25) is 4.79 Å². The number of aliphatic hydroxyl groups excluding tert-OH is 1. The molecule has 0 saturated carbocycles. The van der Waals surface area contributed by atoms with E-state index in [0.29, 0.717) is 5.56 Å². The highest BCUT2D eigenvalue weighted by Crippen LogP contribution is 2.10. The van der Waals surface area contributed by atoms with E-state index >= 15 is 0 Å². The first-order valence-corrected chi connectivity index (χ1v) is 6.06. The molecule has 1 atom stereocenters. The molecule has 4 nitrogen and oxygen atoms in total. The molecule has 2 aromatic rings. The summed E-state index contributed by atoms with van der Waals surface area (Å²) in [6, 6.07) is 10.5. The van der Waals surface area contributed by atoms with Gasteiger partial charge in [0.15, 0.2) is 0 Å². The van der Waals surface area contributed by atoms with Gasteiger partial charge < -0.3 is 15.0 Å². The molecular formula is C14H14F2N2O2. The van der Waals surface area contributed by atoms with Crippen LogP contribution in [0.15, 0.2) is 48.8 Å². The molecule has 0 fully saturated rings. The maximum atomic E-state index is 12.1. The number of benzene rings is 1. The Morgan fingerprint density at radius 1 is 1.20 bits per heavy atom. The molecule has 0 saturated heterocycles. The number of hydrogen-bond donors (Lipinski definition) is 2. The first-order valence-electron chi connectivity index (χ1n) is 6.06. The summed E-state index contributed by atoms with van der Waals surface area (Å²) in [6.07, 6.45) is -0.980. The standard InChI is InChI=1S/C14H14F2N2O2/c15-13(16)12(19)9-17-14(20)10-3-5-11(6-4-10)18-7-1-2-8-18/h1-8,12-13,19H,9H2,(H,17,20). The zero-order valence-corrected chi connectivity index (χ0v) is 10.5. The minimum atomic E-state index is -2.87. The van der Waals surface area contributed by atoms with Crippen LogP contribution in [0.4, 0.5) is 8.78 Å². The number of aromatic nitrogens is 1. The fourth-order valence-corrected chi connectivity index (χ4v) is 1.68. The van der Waals surface area contributed by atoms with Crippen LogP contribution in [0.3, 0.4) is 0 Å². The highest BCUT2D eigenvalue weighted by atomic mass is 19.3. The summed E-state index contributed by atoms with van der Waals surface area (Å²) in [7, 11) is 0. The topological polar surface area (TPSA) is 54.3 Å². The Balaban J connectivity index is 1.98. The van der Waals surface area contributed by atoms with E-state index in [1.54, 1.807) is 24.3 Å². The predicted octanol–water partition coefficient (Wildman–Crippen LogP) is 1.83. The van der Waals surface area contributed by atoms with Crippen LogP contribution >= 0.6 is 0 Å². The first kappa shape index (κ1) is 14.2. The Bertz CT molecular complexity index is 553. The van der Waals surface area contributed by atoms with Gasteiger partial charge in [0.1, 0.15) is 6.10 Å². The van der Waals surface area contributed by atoms with Gasteiger partial charge in [-0.15, -0.1) is 0 Å². The van der Waals surface area contributed by atoms with Crippen molar-refractivity contribution in [2.75, 3.05) is 6.54 Å². The van der Waals surface area contributed by atoms with Crippen LogP contribution in [0.5, 0.6) is 0 Å². The largest absolute Gasteiger partial charge is 0.385 e. The normalized spacial score (nSPS) is 12.4. The minimum absolute atomic E-state index is 0.349. The fourth-order valence-electron chi connectivity index (χ4n) is 1.68. The number of nitrogens with zero attached hydrogens (tertiary/aromatic N) is 1. The van der Waals surface area contributed by atoms with Gasteiger partial charge in [0.25, 0.3) is 12.3 Å². The maximum absolute atomic E-state index is 12.1. The lowest BCUT2D eigenvalue weighted by Crippen LogP contribution is -2.35. The first-order chi connectivity index (χ1) is 9.58. The quantitative estimate of drug-likeness (QED) is 0.878. The van der Waals surface area contributed by atoms with Gasteiger partial charge in [0.05, 0.1) is 0 Å². The molecule has 0 aliphatic carbocycles. The van der Waals surface area contributed by atoms with E-state index in [-0.39, 0.29) is 0 Å². The zero-order valence-electron chi connectivity index (χ0n) is 10.5. The summed E-state index contributed by atoms with van der Waals surface area (Å²) in [4.78, 5) is 11.7. The van der Waals surface area contributed by atoms with Crippen molar-refractivity contribution in [3.8, 4) is 5.69 Å². The molecule has 106 valence electrons. The van der Waals surface area contributed by atoms with Crippen molar-refractivity contribution >= 4 is 5.91 Å². The van der Waals surface area contributed by atoms with E-state index in [4.69, 9.17) is 5.11 Å². The maximum Gasteiger partial charge on any atom is 0.265 e. The summed E-state index contributed by atoms with van der Waals surface area (Å²) >= 11 is 0. The molecule has 0 bridgehead atoms. The van der Waals surface area contributed by atoms with Crippen molar-refractivity contribution < 1.29 is 18.7 Å². The van der Waals surface area contributed by atoms with E-state index in [1.165, 1.54) is 0 Å². The van der Waals surface area contributed by atoms with Crippen LogP contribution in [0, 0.1) is 0 Å². The van der Waals surface area contributed by atoms with E-state index < -0.39 is 25.0 Å². The molecule has 0 aliphatic heterocycles. The van der Waals surface area contributed by atoms with Gasteiger partial charge in [-0.25, -0.2) is 8.78 Å². The number of aliphatic hydroxyl groups is 1. The number of carbonyl (C=O) groups excluding carboxylic acids is 1. The van der Waals surface area contributed by atoms with Crippen LogP contribution < -0.4 is 5.32 Å². The molecule has 1 aromatic carbocycles. The van der Waals surface area contributed by atoms with Crippen LogP contribution in [0.25, 0.3) is 5.69 Å². The highest BCUT2D eigenvalue weighted by molar-refractivity contribution is 5.94. The second-order valence-corrected chi connectivity index (χ2v) is 4.25. The van der Waals surface area contributed by atoms with Crippen molar-refractivity contribution in [1.82, 2.24) is 9.88 Å². The minimum Gasteiger partial charge on any atom is -0.385 e. The lowest BCUT2D eigenvalue weighted by atomic mass is 10.2. The third-order valence-electron chi connectivity index (χ3n) is 2.79. The Morgan fingerprint density at radius 2 is 1.80 bits per heavy atom. The van der Waals surface area contributed by atoms with Gasteiger partial charge in [-0.05, 0) is 36.4 Å². The van der Waals surface area contributed by atoms with Crippen molar-refractivity contribution in [3.05, 3.63) is 54.4 Å². The van der Waals surface area contributed by atoms with E-state index in [2.05, 4.69) is 5.32 Å². The van der Waals surface area contributed by atoms with Crippen molar-refractivity contribution in [2.24, 2.45) is 0 Å². The predicted molar refractivity (Wildman–Crippen MR) is 70.1 cm³/mol. The molecule has 2 rings (SSSR count). The van der Waals surface area contributed by atoms with E-state index in [0.717, 1.165) is 5.69 Å². The Hall–Kier alpha value is -2.21. The molecule has 0 spiro atoms. The second kappa shape index (κ2) is 6.29. The summed E-state index contributed by atoms with van der Waals surface area (Å²) < 4.78 is 26.1. The zero-order chi connectivity index (χ0) is 14.5. The van der Waals surface area contributed by atoms with Gasteiger partial charge in [-0.2, -0.15) is 0 Å². The number of halogens is 2. The summed E-state index contributed by atoms with van der Waals surface area (Å²) in [6.45, 7) is -0.476. The van der Waals surface area contributed by atoms with E-state index in [9.17, 15) is 13.6 Å².